The molecule has 0 aliphatic rings. The third kappa shape index (κ3) is 3.83. The molecule has 0 unspecified atom stereocenters. The molecule has 2 aromatic rings. The van der Waals surface area contributed by atoms with Crippen molar-refractivity contribution >= 4 is 27.6 Å². The molecule has 0 saturated carbocycles. The van der Waals surface area contributed by atoms with E-state index in [1.54, 1.807) is 13.0 Å². The highest BCUT2D eigenvalue weighted by Crippen LogP contribution is 2.23. The first-order valence-electron chi connectivity index (χ1n) is 6.17. The molecule has 0 aliphatic carbocycles. The Kier molecular flexibility index (Phi) is 4.64. The summed E-state index contributed by atoms with van der Waals surface area (Å²) >= 11 is 5.70. The number of aryl methyl sites for hydroxylation is 1. The van der Waals surface area contributed by atoms with Crippen molar-refractivity contribution in [3.63, 3.8) is 0 Å². The second kappa shape index (κ2) is 6.28. The molecule has 6 nitrogen and oxygen atoms in total. The van der Waals surface area contributed by atoms with Crippen molar-refractivity contribution < 1.29 is 13.2 Å². The van der Waals surface area contributed by atoms with Gasteiger partial charge in [-0.3, -0.25) is 0 Å². The second-order valence-corrected chi connectivity index (χ2v) is 6.24. The van der Waals surface area contributed by atoms with E-state index >= 15 is 0 Å². The van der Waals surface area contributed by atoms with Crippen LogP contribution in [0.4, 0.5) is 5.95 Å². The largest absolute Gasteiger partial charge is 0.494 e. The molecule has 0 saturated heterocycles. The molecule has 0 amide bonds. The molecule has 0 spiro atoms. The third-order valence-corrected chi connectivity index (χ3v) is 4.14. The molecule has 112 valence electrons. The van der Waals surface area contributed by atoms with Crippen molar-refractivity contribution in [2.75, 3.05) is 11.3 Å². The Morgan fingerprint density at radius 1 is 1.33 bits per heavy atom. The molecule has 0 aliphatic heterocycles. The topological polar surface area (TPSA) is 81.2 Å². The van der Waals surface area contributed by atoms with Crippen LogP contribution in [0.5, 0.6) is 5.75 Å². The molecule has 0 radical (unpaired) electrons. The van der Waals surface area contributed by atoms with Gasteiger partial charge < -0.3 is 4.74 Å². The number of anilines is 1. The molecule has 1 aromatic heterocycles. The fraction of sp³-hybridized carbons (Fsp3) is 0.231. The van der Waals surface area contributed by atoms with Crippen molar-refractivity contribution in [1.29, 1.82) is 0 Å². The number of hydrogen-bond donors (Lipinski definition) is 1. The summed E-state index contributed by atoms with van der Waals surface area (Å²) in [7, 11) is -3.77. The van der Waals surface area contributed by atoms with Gasteiger partial charge in [-0.1, -0.05) is 11.6 Å². The predicted octanol–water partition coefficient (Wildman–Crippen LogP) is 2.64. The molecule has 8 heteroatoms. The van der Waals surface area contributed by atoms with Crippen LogP contribution in [0, 0.1) is 6.92 Å². The van der Waals surface area contributed by atoms with Crippen LogP contribution in [0.2, 0.25) is 5.15 Å². The molecule has 1 heterocycles. The average Bonchev–Trinajstić information content (AvgIpc) is 2.40. The minimum Gasteiger partial charge on any atom is -0.494 e. The first-order valence-corrected chi connectivity index (χ1v) is 8.03. The summed E-state index contributed by atoms with van der Waals surface area (Å²) in [5.74, 6) is 0.574. The lowest BCUT2D eigenvalue weighted by Gasteiger charge is -2.10. The lowest BCUT2D eigenvalue weighted by atomic mass is 10.2. The van der Waals surface area contributed by atoms with E-state index in [2.05, 4.69) is 14.7 Å². The van der Waals surface area contributed by atoms with Crippen LogP contribution >= 0.6 is 11.6 Å². The third-order valence-electron chi connectivity index (χ3n) is 2.60. The van der Waals surface area contributed by atoms with Crippen LogP contribution in [-0.2, 0) is 10.0 Å². The molecular formula is C13H14ClN3O3S. The van der Waals surface area contributed by atoms with Gasteiger partial charge in [0.2, 0.25) is 5.95 Å². The van der Waals surface area contributed by atoms with E-state index in [1.165, 1.54) is 24.4 Å². The predicted molar refractivity (Wildman–Crippen MR) is 80.2 cm³/mol. The van der Waals surface area contributed by atoms with Gasteiger partial charge in [-0.25, -0.2) is 23.1 Å². The van der Waals surface area contributed by atoms with Gasteiger partial charge in [0.1, 0.15) is 10.9 Å². The minimum absolute atomic E-state index is 0.0750. The van der Waals surface area contributed by atoms with E-state index < -0.39 is 10.0 Å². The maximum Gasteiger partial charge on any atom is 0.264 e. The summed E-state index contributed by atoms with van der Waals surface area (Å²) in [6.45, 7) is 4.16. The SMILES string of the molecule is CCOc1ccc(S(=O)(=O)Nc2nccc(Cl)n2)cc1C. The Hall–Kier alpha value is -1.86. The van der Waals surface area contributed by atoms with Crippen molar-refractivity contribution in [2.45, 2.75) is 18.7 Å². The van der Waals surface area contributed by atoms with E-state index in [-0.39, 0.29) is 16.0 Å². The quantitative estimate of drug-likeness (QED) is 0.854. The molecular weight excluding hydrogens is 314 g/mol. The normalized spacial score (nSPS) is 11.2. The van der Waals surface area contributed by atoms with Gasteiger partial charge in [0.15, 0.2) is 0 Å². The highest BCUT2D eigenvalue weighted by Gasteiger charge is 2.17. The Balaban J connectivity index is 2.29. The maximum atomic E-state index is 12.3. The number of ether oxygens (including phenoxy) is 1. The van der Waals surface area contributed by atoms with Gasteiger partial charge in [0.05, 0.1) is 11.5 Å². The van der Waals surface area contributed by atoms with E-state index in [0.29, 0.717) is 12.4 Å². The first kappa shape index (κ1) is 15.5. The van der Waals surface area contributed by atoms with Gasteiger partial charge in [0, 0.05) is 6.20 Å². The number of hydrogen-bond acceptors (Lipinski definition) is 5. The Morgan fingerprint density at radius 2 is 2.10 bits per heavy atom. The molecule has 1 aromatic carbocycles. The van der Waals surface area contributed by atoms with Crippen LogP contribution in [0.1, 0.15) is 12.5 Å². The number of nitrogens with zero attached hydrogens (tertiary/aromatic N) is 2. The number of benzene rings is 1. The van der Waals surface area contributed by atoms with Gasteiger partial charge in [-0.05, 0) is 43.7 Å². The van der Waals surface area contributed by atoms with Crippen molar-refractivity contribution in [3.8, 4) is 5.75 Å². The summed E-state index contributed by atoms with van der Waals surface area (Å²) in [6.07, 6.45) is 1.37. The molecule has 0 bridgehead atoms. The fourth-order valence-corrected chi connectivity index (χ4v) is 2.84. The fourth-order valence-electron chi connectivity index (χ4n) is 1.67. The second-order valence-electron chi connectivity index (χ2n) is 4.17. The van der Waals surface area contributed by atoms with Crippen LogP contribution in [0.3, 0.4) is 0 Å². The van der Waals surface area contributed by atoms with Gasteiger partial charge in [-0.2, -0.15) is 0 Å². The van der Waals surface area contributed by atoms with Crippen LogP contribution in [0.15, 0.2) is 35.4 Å². The van der Waals surface area contributed by atoms with E-state index in [0.717, 1.165) is 5.56 Å². The summed E-state index contributed by atoms with van der Waals surface area (Å²) in [5.41, 5.74) is 0.728. The standard InChI is InChI=1S/C13H14ClN3O3S/c1-3-20-11-5-4-10(8-9(11)2)21(18,19)17-13-15-7-6-12(14)16-13/h4-8H,3H2,1-2H3,(H,15,16,17). The van der Waals surface area contributed by atoms with Gasteiger partial charge in [-0.15, -0.1) is 0 Å². The van der Waals surface area contributed by atoms with Crippen LogP contribution in [0.25, 0.3) is 0 Å². The van der Waals surface area contributed by atoms with Gasteiger partial charge in [0.25, 0.3) is 10.0 Å². The molecule has 21 heavy (non-hydrogen) atoms. The molecule has 2 rings (SSSR count). The summed E-state index contributed by atoms with van der Waals surface area (Å²) < 4.78 is 32.2. The smallest absolute Gasteiger partial charge is 0.264 e. The maximum absolute atomic E-state index is 12.3. The molecule has 0 atom stereocenters. The zero-order valence-corrected chi connectivity index (χ0v) is 13.1. The minimum atomic E-state index is -3.77. The number of halogens is 1. The zero-order valence-electron chi connectivity index (χ0n) is 11.5. The summed E-state index contributed by atoms with van der Waals surface area (Å²) in [6, 6.07) is 6.06. The van der Waals surface area contributed by atoms with E-state index in [4.69, 9.17) is 16.3 Å². The monoisotopic (exact) mass is 327 g/mol. The highest BCUT2D eigenvalue weighted by atomic mass is 35.5. The first-order chi connectivity index (χ1) is 9.92. The Labute approximate surface area is 128 Å². The van der Waals surface area contributed by atoms with Gasteiger partial charge >= 0.3 is 0 Å². The molecule has 1 N–H and O–H groups in total. The van der Waals surface area contributed by atoms with E-state index in [9.17, 15) is 8.42 Å². The summed E-state index contributed by atoms with van der Waals surface area (Å²) in [5, 5.41) is 0.158. The van der Waals surface area contributed by atoms with Crippen molar-refractivity contribution in [3.05, 3.63) is 41.2 Å². The average molecular weight is 328 g/mol. The Bertz CT molecular complexity index is 750. The Morgan fingerprint density at radius 3 is 2.71 bits per heavy atom. The number of sulfonamides is 1. The highest BCUT2D eigenvalue weighted by molar-refractivity contribution is 7.92. The lowest BCUT2D eigenvalue weighted by Crippen LogP contribution is -2.15. The van der Waals surface area contributed by atoms with Crippen molar-refractivity contribution in [2.24, 2.45) is 0 Å². The van der Waals surface area contributed by atoms with E-state index in [1.807, 2.05) is 6.92 Å². The molecule has 0 fully saturated rings. The number of nitrogens with one attached hydrogen (secondary N) is 1. The summed E-state index contributed by atoms with van der Waals surface area (Å²) in [4.78, 5) is 7.71. The van der Waals surface area contributed by atoms with Crippen LogP contribution < -0.4 is 9.46 Å². The van der Waals surface area contributed by atoms with Crippen LogP contribution in [-0.4, -0.2) is 25.0 Å². The zero-order chi connectivity index (χ0) is 15.5. The number of rotatable bonds is 5. The lowest BCUT2D eigenvalue weighted by molar-refractivity contribution is 0.337. The number of aromatic nitrogens is 2. The van der Waals surface area contributed by atoms with Crippen molar-refractivity contribution in [1.82, 2.24) is 9.97 Å².